The van der Waals surface area contributed by atoms with Crippen LogP contribution < -0.4 is 4.74 Å². The molecule has 0 radical (unpaired) electrons. The smallest absolute Gasteiger partial charge is 0.247 e. The lowest BCUT2D eigenvalue weighted by molar-refractivity contribution is 0.414. The fourth-order valence-electron chi connectivity index (χ4n) is 1.74. The molecule has 5 heteroatoms. The molecule has 0 aliphatic heterocycles. The summed E-state index contributed by atoms with van der Waals surface area (Å²) in [4.78, 5) is 8.44. The van der Waals surface area contributed by atoms with Crippen molar-refractivity contribution in [3.8, 4) is 17.2 Å². The second-order valence-electron chi connectivity index (χ2n) is 3.70. The lowest BCUT2D eigenvalue weighted by Crippen LogP contribution is -1.86. The molecule has 0 atom stereocenters. The van der Waals surface area contributed by atoms with Gasteiger partial charge < -0.3 is 9.15 Å². The molecule has 0 saturated carbocycles. The lowest BCUT2D eigenvalue weighted by Gasteiger charge is -2.03. The molecule has 1 aromatic carbocycles. The first-order chi connectivity index (χ1) is 8.78. The minimum atomic E-state index is 0.459. The molecule has 3 aromatic rings. The highest BCUT2D eigenvalue weighted by Crippen LogP contribution is 2.31. The van der Waals surface area contributed by atoms with E-state index < -0.39 is 0 Å². The van der Waals surface area contributed by atoms with Crippen LogP contribution in [0.5, 0.6) is 5.75 Å². The van der Waals surface area contributed by atoms with Gasteiger partial charge in [-0.3, -0.25) is 0 Å². The number of aromatic nitrogens is 2. The zero-order chi connectivity index (χ0) is 12.5. The van der Waals surface area contributed by atoms with Crippen molar-refractivity contribution in [3.05, 3.63) is 41.6 Å². The molecule has 0 N–H and O–H groups in total. The Labute approximate surface area is 108 Å². The molecule has 18 heavy (non-hydrogen) atoms. The van der Waals surface area contributed by atoms with Crippen LogP contribution in [0.15, 0.2) is 40.9 Å². The van der Waals surface area contributed by atoms with Gasteiger partial charge in [0.2, 0.25) is 11.6 Å². The molecule has 0 spiro atoms. The lowest BCUT2D eigenvalue weighted by atomic mass is 10.2. The van der Waals surface area contributed by atoms with E-state index in [4.69, 9.17) is 20.8 Å². The van der Waals surface area contributed by atoms with E-state index in [0.29, 0.717) is 27.9 Å². The largest absolute Gasteiger partial charge is 0.496 e. The van der Waals surface area contributed by atoms with E-state index in [1.807, 2.05) is 24.3 Å². The SMILES string of the molecule is COc1ccccc1-c1nc2cc(Cl)cnc2o1. The van der Waals surface area contributed by atoms with Crippen LogP contribution in [0.2, 0.25) is 5.02 Å². The Morgan fingerprint density at radius 1 is 1.28 bits per heavy atom. The number of rotatable bonds is 2. The number of oxazole rings is 1. The van der Waals surface area contributed by atoms with Crippen molar-refractivity contribution in [2.45, 2.75) is 0 Å². The second kappa shape index (κ2) is 4.31. The standard InChI is InChI=1S/C13H9ClN2O2/c1-17-11-5-3-2-4-9(11)12-16-10-6-8(14)7-15-13(10)18-12/h2-7H,1H3. The molecule has 0 aliphatic carbocycles. The van der Waals surface area contributed by atoms with Crippen molar-refractivity contribution in [2.24, 2.45) is 0 Å². The van der Waals surface area contributed by atoms with Crippen molar-refractivity contribution in [1.29, 1.82) is 0 Å². The minimum absolute atomic E-state index is 0.459. The predicted molar refractivity (Wildman–Crippen MR) is 68.8 cm³/mol. The maximum atomic E-state index is 5.86. The Balaban J connectivity index is 2.19. The van der Waals surface area contributed by atoms with Crippen LogP contribution in [-0.4, -0.2) is 17.1 Å². The zero-order valence-corrected chi connectivity index (χ0v) is 10.3. The van der Waals surface area contributed by atoms with Crippen LogP contribution in [0.1, 0.15) is 0 Å². The molecular weight excluding hydrogens is 252 g/mol. The van der Waals surface area contributed by atoms with Crippen molar-refractivity contribution < 1.29 is 9.15 Å². The summed E-state index contributed by atoms with van der Waals surface area (Å²) in [6, 6.07) is 9.23. The number of para-hydroxylation sites is 1. The van der Waals surface area contributed by atoms with Gasteiger partial charge in [0.05, 0.1) is 17.7 Å². The van der Waals surface area contributed by atoms with E-state index in [1.54, 1.807) is 13.2 Å². The number of fused-ring (bicyclic) bond motifs is 1. The average molecular weight is 261 g/mol. The minimum Gasteiger partial charge on any atom is -0.496 e. The van der Waals surface area contributed by atoms with Gasteiger partial charge >= 0.3 is 0 Å². The van der Waals surface area contributed by atoms with Crippen LogP contribution in [0.4, 0.5) is 0 Å². The zero-order valence-electron chi connectivity index (χ0n) is 9.55. The van der Waals surface area contributed by atoms with Gasteiger partial charge in [-0.05, 0) is 18.2 Å². The molecule has 2 heterocycles. The Kier molecular flexibility index (Phi) is 2.64. The van der Waals surface area contributed by atoms with Crippen molar-refractivity contribution in [2.75, 3.05) is 7.11 Å². The van der Waals surface area contributed by atoms with Crippen LogP contribution >= 0.6 is 11.6 Å². The topological polar surface area (TPSA) is 48.2 Å². The highest BCUT2D eigenvalue weighted by molar-refractivity contribution is 6.30. The summed E-state index contributed by atoms with van der Waals surface area (Å²) in [5.74, 6) is 1.17. The van der Waals surface area contributed by atoms with Gasteiger partial charge in [-0.25, -0.2) is 9.97 Å². The molecule has 0 amide bonds. The fourth-order valence-corrected chi connectivity index (χ4v) is 1.89. The van der Waals surface area contributed by atoms with Crippen LogP contribution in [0, 0.1) is 0 Å². The summed E-state index contributed by atoms with van der Waals surface area (Å²) < 4.78 is 10.9. The molecule has 0 bridgehead atoms. The summed E-state index contributed by atoms with van der Waals surface area (Å²) in [6.07, 6.45) is 1.53. The Hall–Kier alpha value is -2.07. The number of hydrogen-bond donors (Lipinski definition) is 0. The quantitative estimate of drug-likeness (QED) is 0.707. The predicted octanol–water partition coefficient (Wildman–Crippen LogP) is 3.55. The van der Waals surface area contributed by atoms with E-state index in [9.17, 15) is 0 Å². The number of hydrogen-bond acceptors (Lipinski definition) is 4. The van der Waals surface area contributed by atoms with Gasteiger partial charge in [-0.1, -0.05) is 23.7 Å². The monoisotopic (exact) mass is 260 g/mol. The summed E-state index contributed by atoms with van der Waals surface area (Å²) in [7, 11) is 1.61. The van der Waals surface area contributed by atoms with Crippen molar-refractivity contribution in [1.82, 2.24) is 9.97 Å². The summed E-state index contributed by atoms with van der Waals surface area (Å²) in [5.41, 5.74) is 1.87. The van der Waals surface area contributed by atoms with Crippen LogP contribution in [-0.2, 0) is 0 Å². The Morgan fingerprint density at radius 2 is 2.11 bits per heavy atom. The maximum absolute atomic E-state index is 5.86. The maximum Gasteiger partial charge on any atom is 0.247 e. The molecule has 0 fully saturated rings. The van der Waals surface area contributed by atoms with E-state index in [0.717, 1.165) is 5.56 Å². The third kappa shape index (κ3) is 1.80. The molecule has 90 valence electrons. The first-order valence-electron chi connectivity index (χ1n) is 5.33. The first kappa shape index (κ1) is 11.0. The summed E-state index contributed by atoms with van der Waals surface area (Å²) in [5, 5.41) is 0.530. The number of nitrogens with zero attached hydrogens (tertiary/aromatic N) is 2. The third-order valence-corrected chi connectivity index (χ3v) is 2.76. The summed E-state index contributed by atoms with van der Waals surface area (Å²) in [6.45, 7) is 0. The number of ether oxygens (including phenoxy) is 1. The Bertz CT molecular complexity index is 709. The van der Waals surface area contributed by atoms with Gasteiger partial charge in [0.1, 0.15) is 11.3 Å². The summed E-state index contributed by atoms with van der Waals surface area (Å²) >= 11 is 5.86. The van der Waals surface area contributed by atoms with E-state index in [2.05, 4.69) is 9.97 Å². The van der Waals surface area contributed by atoms with Gasteiger partial charge in [0.15, 0.2) is 0 Å². The number of pyridine rings is 1. The van der Waals surface area contributed by atoms with Crippen LogP contribution in [0.3, 0.4) is 0 Å². The molecule has 0 aliphatic rings. The van der Waals surface area contributed by atoms with Gasteiger partial charge in [-0.2, -0.15) is 0 Å². The fraction of sp³-hybridized carbons (Fsp3) is 0.0769. The number of methoxy groups -OCH3 is 1. The van der Waals surface area contributed by atoms with Gasteiger partial charge in [-0.15, -0.1) is 0 Å². The molecule has 0 saturated heterocycles. The normalized spacial score (nSPS) is 10.8. The number of benzene rings is 1. The highest BCUT2D eigenvalue weighted by Gasteiger charge is 2.13. The van der Waals surface area contributed by atoms with Crippen LogP contribution in [0.25, 0.3) is 22.7 Å². The van der Waals surface area contributed by atoms with E-state index in [-0.39, 0.29) is 0 Å². The van der Waals surface area contributed by atoms with Gasteiger partial charge in [0.25, 0.3) is 0 Å². The van der Waals surface area contributed by atoms with Gasteiger partial charge in [0, 0.05) is 6.20 Å². The molecule has 3 rings (SSSR count). The van der Waals surface area contributed by atoms with E-state index >= 15 is 0 Å². The van der Waals surface area contributed by atoms with E-state index in [1.165, 1.54) is 6.20 Å². The molecule has 0 unspecified atom stereocenters. The Morgan fingerprint density at radius 3 is 2.94 bits per heavy atom. The number of halogens is 1. The highest BCUT2D eigenvalue weighted by atomic mass is 35.5. The van der Waals surface area contributed by atoms with Crippen molar-refractivity contribution >= 4 is 22.8 Å². The van der Waals surface area contributed by atoms with Crippen molar-refractivity contribution in [3.63, 3.8) is 0 Å². The average Bonchev–Trinajstić information content (AvgIpc) is 2.81. The molecule has 2 aromatic heterocycles. The molecule has 4 nitrogen and oxygen atoms in total. The second-order valence-corrected chi connectivity index (χ2v) is 4.13. The molecular formula is C13H9ClN2O2. The third-order valence-electron chi connectivity index (χ3n) is 2.55. The first-order valence-corrected chi connectivity index (χ1v) is 5.71.